The van der Waals surface area contributed by atoms with Gasteiger partial charge in [0.05, 0.1) is 5.69 Å². The molecule has 0 bridgehead atoms. The van der Waals surface area contributed by atoms with Crippen LogP contribution in [0.3, 0.4) is 0 Å². The number of nitrogens with zero attached hydrogens (tertiary/aromatic N) is 3. The summed E-state index contributed by atoms with van der Waals surface area (Å²) in [7, 11) is 0. The van der Waals surface area contributed by atoms with Crippen molar-refractivity contribution in [2.24, 2.45) is 0 Å². The van der Waals surface area contributed by atoms with E-state index < -0.39 is 5.54 Å². The van der Waals surface area contributed by atoms with Crippen LogP contribution in [0.2, 0.25) is 0 Å². The predicted octanol–water partition coefficient (Wildman–Crippen LogP) is 1.93. The lowest BCUT2D eigenvalue weighted by molar-refractivity contribution is -0.126. The second kappa shape index (κ2) is 5.48. The van der Waals surface area contributed by atoms with Crippen LogP contribution >= 0.6 is 11.3 Å². The Hall–Kier alpha value is -1.73. The quantitative estimate of drug-likeness (QED) is 0.904. The minimum atomic E-state index is -0.611. The third kappa shape index (κ3) is 2.44. The first-order chi connectivity index (χ1) is 10.8. The van der Waals surface area contributed by atoms with Gasteiger partial charge < -0.3 is 5.32 Å². The minimum Gasteiger partial charge on any atom is -0.317 e. The Morgan fingerprint density at radius 1 is 1.41 bits per heavy atom. The lowest BCUT2D eigenvalue weighted by Crippen LogP contribution is -2.52. The van der Waals surface area contributed by atoms with E-state index in [2.05, 4.69) is 26.1 Å². The van der Waals surface area contributed by atoms with Crippen LogP contribution in [0.25, 0.3) is 0 Å². The van der Waals surface area contributed by atoms with E-state index >= 15 is 0 Å². The number of carbonyl (C=O) groups excluding carboxylic acids is 1. The first-order valence-electron chi connectivity index (χ1n) is 7.76. The molecular formula is C15H19N5OS. The van der Waals surface area contributed by atoms with Crippen LogP contribution < -0.4 is 10.6 Å². The number of piperidine rings is 1. The summed E-state index contributed by atoms with van der Waals surface area (Å²) in [5.41, 5.74) is 0.513. The third-order valence-electron chi connectivity index (χ3n) is 4.53. The topological polar surface area (TPSA) is 71.8 Å². The van der Waals surface area contributed by atoms with Crippen molar-refractivity contribution >= 4 is 22.4 Å². The molecule has 2 N–H and O–H groups in total. The van der Waals surface area contributed by atoms with Gasteiger partial charge in [0.2, 0.25) is 0 Å². The number of rotatable bonds is 4. The zero-order valence-corrected chi connectivity index (χ0v) is 13.1. The minimum absolute atomic E-state index is 0.00519. The van der Waals surface area contributed by atoms with Gasteiger partial charge in [0.15, 0.2) is 5.13 Å². The Morgan fingerprint density at radius 3 is 2.91 bits per heavy atom. The van der Waals surface area contributed by atoms with Gasteiger partial charge in [-0.3, -0.25) is 14.8 Å². The Morgan fingerprint density at radius 2 is 2.23 bits per heavy atom. The molecule has 0 unspecified atom stereocenters. The van der Waals surface area contributed by atoms with Crippen LogP contribution in [0.15, 0.2) is 23.8 Å². The van der Waals surface area contributed by atoms with Crippen molar-refractivity contribution in [1.82, 2.24) is 20.1 Å². The van der Waals surface area contributed by atoms with Crippen LogP contribution in [0.5, 0.6) is 0 Å². The van der Waals surface area contributed by atoms with Crippen molar-refractivity contribution in [3.63, 3.8) is 0 Å². The lowest BCUT2D eigenvalue weighted by atomic mass is 9.87. The third-order valence-corrected chi connectivity index (χ3v) is 5.31. The second-order valence-electron chi connectivity index (χ2n) is 6.04. The van der Waals surface area contributed by atoms with Gasteiger partial charge >= 0.3 is 0 Å². The molecule has 4 rings (SSSR count). The van der Waals surface area contributed by atoms with Gasteiger partial charge in [-0.15, -0.1) is 11.3 Å². The number of hydrogen-bond donors (Lipinski definition) is 2. The first-order valence-corrected chi connectivity index (χ1v) is 8.64. The van der Waals surface area contributed by atoms with Crippen molar-refractivity contribution < 1.29 is 4.79 Å². The number of amides is 1. The molecule has 2 aromatic heterocycles. The summed E-state index contributed by atoms with van der Waals surface area (Å²) in [6.45, 7) is 1.64. The summed E-state index contributed by atoms with van der Waals surface area (Å²) in [5, 5.41) is 13.4. The second-order valence-corrected chi connectivity index (χ2v) is 6.90. The molecule has 0 spiro atoms. The smallest absolute Gasteiger partial charge is 0.254 e. The van der Waals surface area contributed by atoms with E-state index in [0.717, 1.165) is 31.6 Å². The van der Waals surface area contributed by atoms with Crippen LogP contribution in [-0.4, -0.2) is 33.8 Å². The van der Waals surface area contributed by atoms with E-state index in [0.29, 0.717) is 11.0 Å². The summed E-state index contributed by atoms with van der Waals surface area (Å²) in [6.07, 6.45) is 7.52. The van der Waals surface area contributed by atoms with Gasteiger partial charge in [0.25, 0.3) is 5.91 Å². The molecule has 1 aliphatic carbocycles. The summed E-state index contributed by atoms with van der Waals surface area (Å²) < 4.78 is 1.80. The molecule has 0 radical (unpaired) electrons. The van der Waals surface area contributed by atoms with Crippen LogP contribution in [0.4, 0.5) is 5.13 Å². The van der Waals surface area contributed by atoms with E-state index in [-0.39, 0.29) is 5.91 Å². The molecule has 6 nitrogen and oxygen atoms in total. The summed E-state index contributed by atoms with van der Waals surface area (Å²) in [6, 6.07) is 1.87. The van der Waals surface area contributed by atoms with E-state index in [4.69, 9.17) is 0 Å². The fourth-order valence-corrected chi connectivity index (χ4v) is 3.83. The molecule has 3 heterocycles. The highest BCUT2D eigenvalue weighted by molar-refractivity contribution is 7.13. The maximum Gasteiger partial charge on any atom is 0.254 e. The largest absolute Gasteiger partial charge is 0.317 e. The predicted molar refractivity (Wildman–Crippen MR) is 85.0 cm³/mol. The Kier molecular flexibility index (Phi) is 3.46. The van der Waals surface area contributed by atoms with Crippen molar-refractivity contribution in [2.45, 2.75) is 37.1 Å². The van der Waals surface area contributed by atoms with Gasteiger partial charge in [-0.05, 0) is 44.8 Å². The molecule has 1 saturated heterocycles. The number of thiazole rings is 1. The molecule has 1 saturated carbocycles. The molecule has 1 aliphatic heterocycles. The number of aromatic nitrogens is 3. The zero-order chi connectivity index (χ0) is 15.0. The Bertz CT molecular complexity index is 655. The molecule has 0 atom stereocenters. The number of anilines is 1. The Labute approximate surface area is 132 Å². The highest BCUT2D eigenvalue weighted by atomic mass is 32.1. The number of carbonyl (C=O) groups is 1. The standard InChI is InChI=1S/C15H19N5OS/c21-13(19-14-18-12(10-22-14)11-2-3-11)15(4-7-16-8-5-15)20-9-1-6-17-20/h1,6,9-11,16H,2-5,7-8H2,(H,18,19,21). The van der Waals surface area contributed by atoms with Gasteiger partial charge in [-0.25, -0.2) is 4.98 Å². The van der Waals surface area contributed by atoms with E-state index in [1.807, 2.05) is 12.3 Å². The molecule has 7 heteroatoms. The fraction of sp³-hybridized carbons (Fsp3) is 0.533. The molecule has 2 aliphatic rings. The fourth-order valence-electron chi connectivity index (χ4n) is 3.05. The molecule has 1 amide bonds. The van der Waals surface area contributed by atoms with Gasteiger partial charge in [-0.2, -0.15) is 5.10 Å². The Balaban J connectivity index is 1.57. The van der Waals surface area contributed by atoms with Gasteiger partial charge in [0, 0.05) is 23.7 Å². The normalized spacial score (nSPS) is 20.7. The average Bonchev–Trinajstić information content (AvgIpc) is 3.05. The van der Waals surface area contributed by atoms with E-state index in [9.17, 15) is 4.79 Å². The number of nitrogens with one attached hydrogen (secondary N) is 2. The van der Waals surface area contributed by atoms with E-state index in [1.54, 1.807) is 10.9 Å². The highest BCUT2D eigenvalue weighted by Crippen LogP contribution is 2.41. The number of hydrogen-bond acceptors (Lipinski definition) is 5. The van der Waals surface area contributed by atoms with Crippen LogP contribution in [-0.2, 0) is 10.3 Å². The molecule has 116 valence electrons. The zero-order valence-electron chi connectivity index (χ0n) is 12.3. The summed E-state index contributed by atoms with van der Waals surface area (Å²) in [4.78, 5) is 17.5. The molecule has 22 heavy (non-hydrogen) atoms. The SMILES string of the molecule is O=C(Nc1nc(C2CC2)cs1)C1(n2cccn2)CCNCC1. The van der Waals surface area contributed by atoms with Crippen molar-refractivity contribution in [3.05, 3.63) is 29.5 Å². The molecule has 0 aromatic carbocycles. The summed E-state index contributed by atoms with van der Waals surface area (Å²) >= 11 is 1.52. The lowest BCUT2D eigenvalue weighted by Gasteiger charge is -2.36. The highest BCUT2D eigenvalue weighted by Gasteiger charge is 2.42. The maximum absolute atomic E-state index is 12.9. The van der Waals surface area contributed by atoms with E-state index in [1.165, 1.54) is 24.2 Å². The van der Waals surface area contributed by atoms with Gasteiger partial charge in [0.1, 0.15) is 5.54 Å². The van der Waals surface area contributed by atoms with Crippen LogP contribution in [0.1, 0.15) is 37.3 Å². The van der Waals surface area contributed by atoms with Crippen molar-refractivity contribution in [1.29, 1.82) is 0 Å². The molecule has 2 fully saturated rings. The molecule has 2 aromatic rings. The monoisotopic (exact) mass is 317 g/mol. The molecular weight excluding hydrogens is 298 g/mol. The average molecular weight is 317 g/mol. The maximum atomic E-state index is 12.9. The van der Waals surface area contributed by atoms with Crippen LogP contribution in [0, 0.1) is 0 Å². The van der Waals surface area contributed by atoms with Gasteiger partial charge in [-0.1, -0.05) is 0 Å². The van der Waals surface area contributed by atoms with Crippen molar-refractivity contribution in [3.8, 4) is 0 Å². The summed E-state index contributed by atoms with van der Waals surface area (Å²) in [5.74, 6) is 0.607. The van der Waals surface area contributed by atoms with Crippen molar-refractivity contribution in [2.75, 3.05) is 18.4 Å². The first kappa shape index (κ1) is 13.9.